The van der Waals surface area contributed by atoms with Gasteiger partial charge in [-0.25, -0.2) is 0 Å². The number of hydrogen-bond donors (Lipinski definition) is 1. The van der Waals surface area contributed by atoms with E-state index < -0.39 is 5.91 Å². The van der Waals surface area contributed by atoms with Gasteiger partial charge in [-0.3, -0.25) is 14.5 Å². The number of hydrogen-bond acceptors (Lipinski definition) is 4. The maximum absolute atomic E-state index is 11.3. The second-order valence-electron chi connectivity index (χ2n) is 5.33. The van der Waals surface area contributed by atoms with Crippen molar-refractivity contribution in [3.8, 4) is 11.3 Å². The lowest BCUT2D eigenvalue weighted by Crippen LogP contribution is -2.09. The molecule has 0 radical (unpaired) electrons. The molecule has 0 saturated carbocycles. The molecule has 0 spiro atoms. The van der Waals surface area contributed by atoms with Crippen LogP contribution in [0.15, 0.2) is 41.1 Å². The zero-order chi connectivity index (χ0) is 15.1. The Morgan fingerprint density at radius 3 is 3.05 bits per heavy atom. The molecule has 0 aliphatic heterocycles. The number of nitrogens with zero attached hydrogens (tertiary/aromatic N) is 3. The number of fused-ring (bicyclic) bond motifs is 3. The average Bonchev–Trinajstić information content (AvgIpc) is 3.10. The SMILES string of the molecule is NC(=O)c1cc2c(o1)CCc1cn(Cc3ccccn3)nc1-2. The molecule has 0 unspecified atom stereocenters. The summed E-state index contributed by atoms with van der Waals surface area (Å²) < 4.78 is 7.39. The first kappa shape index (κ1) is 12.8. The number of aryl methyl sites for hydroxylation is 2. The summed E-state index contributed by atoms with van der Waals surface area (Å²) in [7, 11) is 0. The number of carbonyl (C=O) groups is 1. The molecule has 6 heteroatoms. The molecule has 1 amide bonds. The first-order valence-electron chi connectivity index (χ1n) is 7.10. The number of primary amides is 1. The molecule has 1 aliphatic rings. The summed E-state index contributed by atoms with van der Waals surface area (Å²) in [5, 5.41) is 4.62. The molecule has 3 aromatic rings. The van der Waals surface area contributed by atoms with Crippen molar-refractivity contribution in [2.24, 2.45) is 5.73 Å². The first-order valence-corrected chi connectivity index (χ1v) is 7.10. The highest BCUT2D eigenvalue weighted by Gasteiger charge is 2.25. The number of pyridine rings is 1. The highest BCUT2D eigenvalue weighted by molar-refractivity contribution is 5.92. The van der Waals surface area contributed by atoms with Crippen LogP contribution in [-0.2, 0) is 19.4 Å². The minimum absolute atomic E-state index is 0.192. The van der Waals surface area contributed by atoms with Gasteiger partial charge >= 0.3 is 0 Å². The van der Waals surface area contributed by atoms with Gasteiger partial charge in [0, 0.05) is 24.4 Å². The van der Waals surface area contributed by atoms with E-state index in [9.17, 15) is 4.79 Å². The number of carbonyl (C=O) groups excluding carboxylic acids is 1. The van der Waals surface area contributed by atoms with Gasteiger partial charge in [-0.2, -0.15) is 5.10 Å². The van der Waals surface area contributed by atoms with E-state index in [0.717, 1.165) is 41.1 Å². The second kappa shape index (κ2) is 4.84. The van der Waals surface area contributed by atoms with Crippen molar-refractivity contribution in [1.29, 1.82) is 0 Å². The Morgan fingerprint density at radius 2 is 2.27 bits per heavy atom. The van der Waals surface area contributed by atoms with Crippen molar-refractivity contribution in [3.63, 3.8) is 0 Å². The molecule has 110 valence electrons. The summed E-state index contributed by atoms with van der Waals surface area (Å²) >= 11 is 0. The zero-order valence-corrected chi connectivity index (χ0v) is 11.8. The molecule has 0 bridgehead atoms. The minimum atomic E-state index is -0.552. The number of amides is 1. The Labute approximate surface area is 126 Å². The van der Waals surface area contributed by atoms with Gasteiger partial charge in [-0.1, -0.05) is 6.07 Å². The standard InChI is InChI=1S/C16H14N4O2/c17-16(21)14-7-12-13(22-14)5-4-10-8-20(19-15(10)12)9-11-3-1-2-6-18-11/h1-3,6-8H,4-5,9H2,(H2,17,21). The summed E-state index contributed by atoms with van der Waals surface area (Å²) in [6.45, 7) is 0.615. The number of furan rings is 1. The van der Waals surface area contributed by atoms with Gasteiger partial charge in [0.25, 0.3) is 5.91 Å². The average molecular weight is 294 g/mol. The lowest BCUT2D eigenvalue weighted by atomic mass is 9.97. The van der Waals surface area contributed by atoms with Crippen molar-refractivity contribution >= 4 is 5.91 Å². The van der Waals surface area contributed by atoms with Crippen molar-refractivity contribution in [1.82, 2.24) is 14.8 Å². The Bertz CT molecular complexity index is 848. The predicted octanol–water partition coefficient (Wildman–Crippen LogP) is 1.78. The number of aromatic nitrogens is 3. The van der Waals surface area contributed by atoms with E-state index in [4.69, 9.17) is 10.2 Å². The zero-order valence-electron chi connectivity index (χ0n) is 11.8. The van der Waals surface area contributed by atoms with Crippen LogP contribution in [-0.4, -0.2) is 20.7 Å². The molecule has 4 rings (SSSR count). The Balaban J connectivity index is 1.71. The van der Waals surface area contributed by atoms with Gasteiger partial charge in [0.15, 0.2) is 5.76 Å². The smallest absolute Gasteiger partial charge is 0.284 e. The van der Waals surface area contributed by atoms with Crippen LogP contribution >= 0.6 is 0 Å². The molecular formula is C16H14N4O2. The lowest BCUT2D eigenvalue weighted by Gasteiger charge is -2.07. The third-order valence-electron chi connectivity index (χ3n) is 3.82. The molecule has 0 aromatic carbocycles. The summed E-state index contributed by atoms with van der Waals surface area (Å²) in [5.41, 5.74) is 9.13. The van der Waals surface area contributed by atoms with Crippen LogP contribution in [0.3, 0.4) is 0 Å². The van der Waals surface area contributed by atoms with Gasteiger partial charge in [-0.05, 0) is 30.2 Å². The van der Waals surface area contributed by atoms with Crippen LogP contribution < -0.4 is 5.73 Å². The fourth-order valence-corrected chi connectivity index (χ4v) is 2.80. The maximum atomic E-state index is 11.3. The maximum Gasteiger partial charge on any atom is 0.284 e. The largest absolute Gasteiger partial charge is 0.455 e. The molecule has 0 atom stereocenters. The third kappa shape index (κ3) is 2.09. The third-order valence-corrected chi connectivity index (χ3v) is 3.82. The van der Waals surface area contributed by atoms with Gasteiger partial charge < -0.3 is 10.2 Å². The van der Waals surface area contributed by atoms with Crippen molar-refractivity contribution in [2.75, 3.05) is 0 Å². The minimum Gasteiger partial charge on any atom is -0.455 e. The highest BCUT2D eigenvalue weighted by Crippen LogP contribution is 2.34. The summed E-state index contributed by atoms with van der Waals surface area (Å²) in [6, 6.07) is 7.50. The van der Waals surface area contributed by atoms with Crippen LogP contribution in [0.4, 0.5) is 0 Å². The molecule has 2 N–H and O–H groups in total. The van der Waals surface area contributed by atoms with Gasteiger partial charge in [0.05, 0.1) is 17.9 Å². The van der Waals surface area contributed by atoms with E-state index in [0.29, 0.717) is 6.54 Å². The molecule has 6 nitrogen and oxygen atoms in total. The van der Waals surface area contributed by atoms with Crippen LogP contribution in [0, 0.1) is 0 Å². The van der Waals surface area contributed by atoms with Crippen LogP contribution in [0.2, 0.25) is 0 Å². The highest BCUT2D eigenvalue weighted by atomic mass is 16.3. The molecular weight excluding hydrogens is 280 g/mol. The van der Waals surface area contributed by atoms with E-state index in [1.54, 1.807) is 12.3 Å². The lowest BCUT2D eigenvalue weighted by molar-refractivity contribution is 0.0972. The van der Waals surface area contributed by atoms with Crippen LogP contribution in [0.25, 0.3) is 11.3 Å². The summed E-state index contributed by atoms with van der Waals surface area (Å²) in [5.74, 6) is 0.422. The normalized spacial score (nSPS) is 12.7. The van der Waals surface area contributed by atoms with Gasteiger partial charge in [0.2, 0.25) is 0 Å². The van der Waals surface area contributed by atoms with Crippen LogP contribution in [0.5, 0.6) is 0 Å². The fourth-order valence-electron chi connectivity index (χ4n) is 2.80. The fraction of sp³-hybridized carbons (Fsp3) is 0.188. The Morgan fingerprint density at radius 1 is 1.36 bits per heavy atom. The Kier molecular flexibility index (Phi) is 2.82. The van der Waals surface area contributed by atoms with Crippen molar-refractivity contribution in [3.05, 3.63) is 59.4 Å². The summed E-state index contributed by atoms with van der Waals surface area (Å²) in [4.78, 5) is 15.6. The van der Waals surface area contributed by atoms with E-state index >= 15 is 0 Å². The summed E-state index contributed by atoms with van der Waals surface area (Å²) in [6.07, 6.45) is 5.40. The molecule has 1 aliphatic carbocycles. The van der Waals surface area contributed by atoms with Crippen molar-refractivity contribution < 1.29 is 9.21 Å². The predicted molar refractivity (Wildman–Crippen MR) is 79.2 cm³/mol. The molecule has 22 heavy (non-hydrogen) atoms. The quantitative estimate of drug-likeness (QED) is 0.797. The number of nitrogens with two attached hydrogens (primary N) is 1. The van der Waals surface area contributed by atoms with Crippen LogP contribution in [0.1, 0.15) is 27.6 Å². The second-order valence-corrected chi connectivity index (χ2v) is 5.33. The van der Waals surface area contributed by atoms with E-state index in [1.807, 2.05) is 29.1 Å². The van der Waals surface area contributed by atoms with Gasteiger partial charge in [0.1, 0.15) is 5.76 Å². The molecule has 3 heterocycles. The molecule has 3 aromatic heterocycles. The Hall–Kier alpha value is -2.89. The van der Waals surface area contributed by atoms with Crippen molar-refractivity contribution in [2.45, 2.75) is 19.4 Å². The molecule has 0 saturated heterocycles. The number of rotatable bonds is 3. The monoisotopic (exact) mass is 294 g/mol. The van der Waals surface area contributed by atoms with E-state index in [-0.39, 0.29) is 5.76 Å². The topological polar surface area (TPSA) is 86.9 Å². The van der Waals surface area contributed by atoms with E-state index in [1.165, 1.54) is 0 Å². The first-order chi connectivity index (χ1) is 10.7. The van der Waals surface area contributed by atoms with Gasteiger partial charge in [-0.15, -0.1) is 0 Å². The van der Waals surface area contributed by atoms with E-state index in [2.05, 4.69) is 10.1 Å². The molecule has 0 fully saturated rings.